The molecule has 1 aromatic heterocycles. The van der Waals surface area contributed by atoms with Crippen LogP contribution in [0.15, 0.2) is 29.2 Å². The molecule has 1 aromatic carbocycles. The Morgan fingerprint density at radius 3 is 2.68 bits per heavy atom. The molecular formula is C17H22ClN3O2S2. The van der Waals surface area contributed by atoms with Crippen molar-refractivity contribution in [1.82, 2.24) is 14.5 Å². The molecule has 8 heteroatoms. The van der Waals surface area contributed by atoms with Crippen molar-refractivity contribution in [2.24, 2.45) is 5.92 Å². The third-order valence-electron chi connectivity index (χ3n) is 4.25. The minimum absolute atomic E-state index is 0.120. The van der Waals surface area contributed by atoms with E-state index in [0.29, 0.717) is 24.0 Å². The maximum Gasteiger partial charge on any atom is 0.243 e. The Balaban J connectivity index is 1.76. The molecule has 1 atom stereocenters. The topological polar surface area (TPSA) is 63.2 Å². The third-order valence-corrected chi connectivity index (χ3v) is 7.49. The summed E-state index contributed by atoms with van der Waals surface area (Å²) in [6.07, 6.45) is 2.69. The summed E-state index contributed by atoms with van der Waals surface area (Å²) in [5.74, 6) is 0.656. The molecule has 0 saturated carbocycles. The lowest BCUT2D eigenvalue weighted by Gasteiger charge is -2.30. The van der Waals surface area contributed by atoms with Crippen LogP contribution < -0.4 is 0 Å². The number of rotatable bonds is 5. The minimum Gasteiger partial charge on any atom is -0.207 e. The van der Waals surface area contributed by atoms with Gasteiger partial charge in [-0.1, -0.05) is 25.4 Å². The summed E-state index contributed by atoms with van der Waals surface area (Å²) in [4.78, 5) is 0.287. The van der Waals surface area contributed by atoms with Crippen LogP contribution >= 0.6 is 22.9 Å². The van der Waals surface area contributed by atoms with Gasteiger partial charge in [-0.3, -0.25) is 0 Å². The molecule has 0 aliphatic carbocycles. The second-order valence-electron chi connectivity index (χ2n) is 6.79. The van der Waals surface area contributed by atoms with Gasteiger partial charge in [-0.05, 0) is 43.0 Å². The molecule has 0 amide bonds. The summed E-state index contributed by atoms with van der Waals surface area (Å²) in [7, 11) is -3.50. The first-order valence-electron chi connectivity index (χ1n) is 8.44. The Hall–Kier alpha value is -1.02. The van der Waals surface area contributed by atoms with Crippen LogP contribution in [0.5, 0.6) is 0 Å². The van der Waals surface area contributed by atoms with Gasteiger partial charge in [-0.25, -0.2) is 8.42 Å². The average Bonchev–Trinajstić information content (AvgIpc) is 3.03. The van der Waals surface area contributed by atoms with Crippen LogP contribution in [-0.4, -0.2) is 36.0 Å². The first kappa shape index (κ1) is 18.8. The molecule has 1 aliphatic rings. The Kier molecular flexibility index (Phi) is 5.78. The summed E-state index contributed by atoms with van der Waals surface area (Å²) in [5, 5.41) is 11.1. The first-order chi connectivity index (χ1) is 11.9. The van der Waals surface area contributed by atoms with Gasteiger partial charge in [0.15, 0.2) is 0 Å². The quantitative estimate of drug-likeness (QED) is 0.763. The van der Waals surface area contributed by atoms with Crippen molar-refractivity contribution >= 4 is 33.0 Å². The fraction of sp³-hybridized carbons (Fsp3) is 0.529. The number of piperidine rings is 1. The van der Waals surface area contributed by atoms with E-state index in [4.69, 9.17) is 11.6 Å². The van der Waals surface area contributed by atoms with E-state index in [0.717, 1.165) is 29.3 Å². The number of nitrogens with zero attached hydrogens (tertiary/aromatic N) is 3. The molecule has 1 unspecified atom stereocenters. The molecule has 0 bridgehead atoms. The zero-order chi connectivity index (χ0) is 18.0. The van der Waals surface area contributed by atoms with Gasteiger partial charge in [-0.15, -0.1) is 21.5 Å². The number of sulfonamides is 1. The largest absolute Gasteiger partial charge is 0.243 e. The molecule has 0 radical (unpaired) electrons. The molecule has 136 valence electrons. The SMILES string of the molecule is CC(C)Cc1nnc(C2CCCN(S(=O)(=O)c3ccc(Cl)cc3)C2)s1. The summed E-state index contributed by atoms with van der Waals surface area (Å²) in [5.41, 5.74) is 0. The number of halogens is 1. The van der Waals surface area contributed by atoms with Crippen LogP contribution in [-0.2, 0) is 16.4 Å². The second-order valence-corrected chi connectivity index (χ2v) is 10.3. The van der Waals surface area contributed by atoms with Gasteiger partial charge in [0.05, 0.1) is 4.90 Å². The van der Waals surface area contributed by atoms with E-state index < -0.39 is 10.0 Å². The fourth-order valence-corrected chi connectivity index (χ4v) is 5.81. The molecule has 2 aromatic rings. The highest BCUT2D eigenvalue weighted by Gasteiger charge is 2.32. The van der Waals surface area contributed by atoms with Crippen LogP contribution in [0, 0.1) is 5.92 Å². The monoisotopic (exact) mass is 399 g/mol. The van der Waals surface area contributed by atoms with Gasteiger partial charge < -0.3 is 0 Å². The lowest BCUT2D eigenvalue weighted by Crippen LogP contribution is -2.39. The summed E-state index contributed by atoms with van der Waals surface area (Å²) < 4.78 is 27.3. The maximum atomic E-state index is 12.9. The van der Waals surface area contributed by atoms with Crippen LogP contribution in [0.3, 0.4) is 0 Å². The second kappa shape index (κ2) is 7.70. The van der Waals surface area contributed by atoms with E-state index in [1.165, 1.54) is 0 Å². The van der Waals surface area contributed by atoms with Crippen LogP contribution in [0.1, 0.15) is 42.6 Å². The zero-order valence-electron chi connectivity index (χ0n) is 14.4. The van der Waals surface area contributed by atoms with E-state index in [-0.39, 0.29) is 10.8 Å². The summed E-state index contributed by atoms with van der Waals surface area (Å²) in [6.45, 7) is 5.31. The molecule has 5 nitrogen and oxygen atoms in total. The summed E-state index contributed by atoms with van der Waals surface area (Å²) >= 11 is 7.48. The number of aromatic nitrogens is 2. The number of hydrogen-bond donors (Lipinski definition) is 0. The van der Waals surface area contributed by atoms with Crippen molar-refractivity contribution in [1.29, 1.82) is 0 Å². The van der Waals surface area contributed by atoms with E-state index in [1.807, 2.05) is 0 Å². The standard InChI is InChI=1S/C17H22ClN3O2S2/c1-12(2)10-16-19-20-17(24-16)13-4-3-9-21(11-13)25(22,23)15-7-5-14(18)6-8-15/h5-8,12-13H,3-4,9-11H2,1-2H3. The van der Waals surface area contributed by atoms with Crippen LogP contribution in [0.25, 0.3) is 0 Å². The molecule has 0 N–H and O–H groups in total. The Morgan fingerprint density at radius 1 is 1.28 bits per heavy atom. The van der Waals surface area contributed by atoms with E-state index >= 15 is 0 Å². The van der Waals surface area contributed by atoms with Gasteiger partial charge in [-0.2, -0.15) is 4.31 Å². The molecule has 3 rings (SSSR count). The lowest BCUT2D eigenvalue weighted by molar-refractivity contribution is 0.314. The molecule has 1 saturated heterocycles. The van der Waals surface area contributed by atoms with E-state index in [9.17, 15) is 8.42 Å². The molecule has 1 fully saturated rings. The van der Waals surface area contributed by atoms with Crippen LogP contribution in [0.4, 0.5) is 0 Å². The van der Waals surface area contributed by atoms with Crippen molar-refractivity contribution in [2.45, 2.75) is 43.9 Å². The minimum atomic E-state index is -3.50. The van der Waals surface area contributed by atoms with Crippen molar-refractivity contribution in [3.05, 3.63) is 39.3 Å². The van der Waals surface area contributed by atoms with Gasteiger partial charge >= 0.3 is 0 Å². The maximum absolute atomic E-state index is 12.9. The molecule has 25 heavy (non-hydrogen) atoms. The smallest absolute Gasteiger partial charge is 0.207 e. The average molecular weight is 400 g/mol. The van der Waals surface area contributed by atoms with Crippen LogP contribution in [0.2, 0.25) is 5.02 Å². The van der Waals surface area contributed by atoms with Crippen molar-refractivity contribution in [2.75, 3.05) is 13.1 Å². The van der Waals surface area contributed by atoms with Crippen molar-refractivity contribution < 1.29 is 8.42 Å². The van der Waals surface area contributed by atoms with Crippen molar-refractivity contribution in [3.8, 4) is 0 Å². The zero-order valence-corrected chi connectivity index (χ0v) is 16.7. The predicted molar refractivity (Wildman–Crippen MR) is 101 cm³/mol. The van der Waals surface area contributed by atoms with Gasteiger partial charge in [0.25, 0.3) is 0 Å². The Morgan fingerprint density at radius 2 is 2.00 bits per heavy atom. The molecular weight excluding hydrogens is 378 g/mol. The molecule has 1 aliphatic heterocycles. The normalized spacial score (nSPS) is 19.4. The fourth-order valence-electron chi connectivity index (χ4n) is 2.98. The molecule has 0 spiro atoms. The van der Waals surface area contributed by atoms with Gasteiger partial charge in [0, 0.05) is 30.5 Å². The summed E-state index contributed by atoms with van der Waals surface area (Å²) in [6, 6.07) is 6.34. The van der Waals surface area contributed by atoms with E-state index in [2.05, 4.69) is 24.0 Å². The highest BCUT2D eigenvalue weighted by Crippen LogP contribution is 2.32. The van der Waals surface area contributed by atoms with Crippen molar-refractivity contribution in [3.63, 3.8) is 0 Å². The highest BCUT2D eigenvalue weighted by molar-refractivity contribution is 7.89. The first-order valence-corrected chi connectivity index (χ1v) is 11.1. The Labute approximate surface area is 158 Å². The molecule has 2 heterocycles. The van der Waals surface area contributed by atoms with Gasteiger partial charge in [0.2, 0.25) is 10.0 Å². The Bertz CT molecular complexity index is 819. The predicted octanol–water partition coefficient (Wildman–Crippen LogP) is 3.96. The number of hydrogen-bond acceptors (Lipinski definition) is 5. The lowest BCUT2D eigenvalue weighted by atomic mass is 10.0. The number of benzene rings is 1. The third kappa shape index (κ3) is 4.39. The van der Waals surface area contributed by atoms with Gasteiger partial charge in [0.1, 0.15) is 10.0 Å². The van der Waals surface area contributed by atoms with E-state index in [1.54, 1.807) is 39.9 Å². The highest BCUT2D eigenvalue weighted by atomic mass is 35.5.